The molecule has 0 spiro atoms. The van der Waals surface area contributed by atoms with E-state index in [4.69, 9.17) is 9.15 Å². The quantitative estimate of drug-likeness (QED) is 0.687. The molecule has 3 rings (SSSR count). The lowest BCUT2D eigenvalue weighted by Crippen LogP contribution is -2.57. The number of furan rings is 1. The molecule has 1 atom stereocenters. The molecule has 1 aliphatic rings. The van der Waals surface area contributed by atoms with Crippen molar-refractivity contribution in [3.05, 3.63) is 48.4 Å². The molecule has 1 saturated heterocycles. The fraction of sp³-hybridized carbons (Fsp3) is 0.429. The molecular weight excluding hydrogens is 422 g/mol. The number of piperazine rings is 1. The van der Waals surface area contributed by atoms with Gasteiger partial charge in [-0.25, -0.2) is 8.42 Å². The highest BCUT2D eigenvalue weighted by Gasteiger charge is 2.34. The minimum atomic E-state index is -3.66. The van der Waals surface area contributed by atoms with Crippen molar-refractivity contribution in [3.8, 4) is 5.75 Å². The van der Waals surface area contributed by atoms with E-state index < -0.39 is 22.0 Å². The zero-order valence-corrected chi connectivity index (χ0v) is 18.6. The van der Waals surface area contributed by atoms with E-state index >= 15 is 0 Å². The first kappa shape index (κ1) is 22.8. The molecule has 0 saturated carbocycles. The molecule has 31 heavy (non-hydrogen) atoms. The Kier molecular flexibility index (Phi) is 7.01. The molecule has 2 amide bonds. The Morgan fingerprint density at radius 2 is 1.71 bits per heavy atom. The summed E-state index contributed by atoms with van der Waals surface area (Å²) in [6, 6.07) is 8.60. The van der Waals surface area contributed by atoms with Crippen LogP contribution in [0.5, 0.6) is 5.75 Å². The Morgan fingerprint density at radius 3 is 2.23 bits per heavy atom. The lowest BCUT2D eigenvalue weighted by Gasteiger charge is -2.36. The van der Waals surface area contributed by atoms with E-state index in [0.717, 1.165) is 0 Å². The molecule has 1 aromatic heterocycles. The van der Waals surface area contributed by atoms with Gasteiger partial charge in [0, 0.05) is 26.2 Å². The van der Waals surface area contributed by atoms with Crippen molar-refractivity contribution in [2.24, 2.45) is 5.92 Å². The summed E-state index contributed by atoms with van der Waals surface area (Å²) in [5, 5.41) is 2.73. The number of carbonyl (C=O) groups excluding carboxylic acids is 2. The number of nitrogens with zero attached hydrogens (tertiary/aromatic N) is 2. The van der Waals surface area contributed by atoms with Crippen molar-refractivity contribution in [1.82, 2.24) is 14.5 Å². The van der Waals surface area contributed by atoms with E-state index in [0.29, 0.717) is 5.75 Å². The van der Waals surface area contributed by atoms with Crippen LogP contribution in [0, 0.1) is 5.92 Å². The number of methoxy groups -OCH3 is 1. The number of rotatable bonds is 7. The SMILES string of the molecule is COc1ccc(S(=O)(=O)N2CCN(C(=O)[C@@H](NC(=O)c3ccco3)C(C)C)CC2)cc1. The molecule has 0 aliphatic carbocycles. The molecule has 2 heterocycles. The van der Waals surface area contributed by atoms with Gasteiger partial charge >= 0.3 is 0 Å². The molecule has 1 aliphatic heterocycles. The number of sulfonamides is 1. The molecule has 168 valence electrons. The average Bonchev–Trinajstić information content (AvgIpc) is 3.32. The van der Waals surface area contributed by atoms with Crippen molar-refractivity contribution >= 4 is 21.8 Å². The molecular formula is C21H27N3O6S. The second kappa shape index (κ2) is 9.52. The van der Waals surface area contributed by atoms with Gasteiger partial charge < -0.3 is 19.4 Å². The molecule has 0 bridgehead atoms. The lowest BCUT2D eigenvalue weighted by atomic mass is 10.0. The average molecular weight is 450 g/mol. The number of amides is 2. The zero-order valence-electron chi connectivity index (χ0n) is 17.8. The second-order valence-corrected chi connectivity index (χ2v) is 9.52. The Morgan fingerprint density at radius 1 is 1.06 bits per heavy atom. The standard InChI is InChI=1S/C21H27N3O6S/c1-15(2)19(22-20(25)18-5-4-14-30-18)21(26)23-10-12-24(13-11-23)31(27,28)17-8-6-16(29-3)7-9-17/h4-9,14-15,19H,10-13H2,1-3H3,(H,22,25)/t19-/m0/s1. The Balaban J connectivity index is 1.64. The third-order valence-electron chi connectivity index (χ3n) is 5.21. The van der Waals surface area contributed by atoms with Crippen LogP contribution in [0.1, 0.15) is 24.4 Å². The maximum Gasteiger partial charge on any atom is 0.287 e. The van der Waals surface area contributed by atoms with Crippen LogP contribution < -0.4 is 10.1 Å². The van der Waals surface area contributed by atoms with Crippen molar-refractivity contribution in [1.29, 1.82) is 0 Å². The predicted molar refractivity (Wildman–Crippen MR) is 113 cm³/mol. The smallest absolute Gasteiger partial charge is 0.287 e. The van der Waals surface area contributed by atoms with Crippen LogP contribution in [-0.2, 0) is 14.8 Å². The van der Waals surface area contributed by atoms with Crippen LogP contribution >= 0.6 is 0 Å². The fourth-order valence-corrected chi connectivity index (χ4v) is 4.80. The van der Waals surface area contributed by atoms with Crippen LogP contribution in [0.4, 0.5) is 0 Å². The van der Waals surface area contributed by atoms with E-state index in [1.165, 1.54) is 35.9 Å². The number of hydrogen-bond donors (Lipinski definition) is 1. The van der Waals surface area contributed by atoms with Gasteiger partial charge in [-0.15, -0.1) is 0 Å². The van der Waals surface area contributed by atoms with Crippen molar-refractivity contribution < 1.29 is 27.2 Å². The lowest BCUT2D eigenvalue weighted by molar-refractivity contribution is -0.135. The summed E-state index contributed by atoms with van der Waals surface area (Å²) >= 11 is 0. The molecule has 2 aromatic rings. The van der Waals surface area contributed by atoms with Gasteiger partial charge in [0.15, 0.2) is 5.76 Å². The molecule has 0 unspecified atom stereocenters. The highest BCUT2D eigenvalue weighted by atomic mass is 32.2. The van der Waals surface area contributed by atoms with Crippen LogP contribution in [0.2, 0.25) is 0 Å². The van der Waals surface area contributed by atoms with Gasteiger partial charge in [0.25, 0.3) is 5.91 Å². The second-order valence-electron chi connectivity index (χ2n) is 7.58. The number of hydrogen-bond acceptors (Lipinski definition) is 6. The summed E-state index contributed by atoms with van der Waals surface area (Å²) < 4.78 is 37.3. The zero-order chi connectivity index (χ0) is 22.6. The van der Waals surface area contributed by atoms with E-state index in [2.05, 4.69) is 5.32 Å². The van der Waals surface area contributed by atoms with Gasteiger partial charge in [0.05, 0.1) is 18.3 Å². The van der Waals surface area contributed by atoms with E-state index in [-0.39, 0.29) is 48.7 Å². The van der Waals surface area contributed by atoms with Gasteiger partial charge in [0.2, 0.25) is 15.9 Å². The Labute approximate surface area is 182 Å². The van der Waals surface area contributed by atoms with E-state index in [1.54, 1.807) is 23.1 Å². The highest BCUT2D eigenvalue weighted by Crippen LogP contribution is 2.21. The largest absolute Gasteiger partial charge is 0.497 e. The summed E-state index contributed by atoms with van der Waals surface area (Å²) in [5.74, 6) is -0.138. The van der Waals surface area contributed by atoms with Crippen LogP contribution in [-0.4, -0.2) is 68.8 Å². The number of benzene rings is 1. The van der Waals surface area contributed by atoms with Gasteiger partial charge in [-0.05, 0) is 42.3 Å². The van der Waals surface area contributed by atoms with Gasteiger partial charge in [-0.1, -0.05) is 13.8 Å². The van der Waals surface area contributed by atoms with Crippen LogP contribution in [0.3, 0.4) is 0 Å². The molecule has 1 aromatic carbocycles. The summed E-state index contributed by atoms with van der Waals surface area (Å²) in [6.07, 6.45) is 1.39. The minimum Gasteiger partial charge on any atom is -0.497 e. The van der Waals surface area contributed by atoms with Crippen molar-refractivity contribution in [2.75, 3.05) is 33.3 Å². The van der Waals surface area contributed by atoms with E-state index in [9.17, 15) is 18.0 Å². The summed E-state index contributed by atoms with van der Waals surface area (Å²) in [5.41, 5.74) is 0. The predicted octanol–water partition coefficient (Wildman–Crippen LogP) is 1.58. The van der Waals surface area contributed by atoms with Gasteiger partial charge in [-0.3, -0.25) is 9.59 Å². The molecule has 0 radical (unpaired) electrons. The first-order valence-electron chi connectivity index (χ1n) is 10.0. The molecule has 10 heteroatoms. The third kappa shape index (κ3) is 5.08. The topological polar surface area (TPSA) is 109 Å². The van der Waals surface area contributed by atoms with Crippen LogP contribution in [0.25, 0.3) is 0 Å². The molecule has 9 nitrogen and oxygen atoms in total. The van der Waals surface area contributed by atoms with Crippen molar-refractivity contribution in [2.45, 2.75) is 24.8 Å². The van der Waals surface area contributed by atoms with Gasteiger partial charge in [0.1, 0.15) is 11.8 Å². The Hall–Kier alpha value is -2.85. The van der Waals surface area contributed by atoms with Gasteiger partial charge in [-0.2, -0.15) is 4.31 Å². The van der Waals surface area contributed by atoms with E-state index in [1.807, 2.05) is 13.8 Å². The fourth-order valence-electron chi connectivity index (χ4n) is 3.38. The normalized spacial score (nSPS) is 16.2. The monoisotopic (exact) mass is 449 g/mol. The first-order valence-corrected chi connectivity index (χ1v) is 11.5. The maximum atomic E-state index is 13.0. The first-order chi connectivity index (χ1) is 14.7. The van der Waals surface area contributed by atoms with Crippen molar-refractivity contribution in [3.63, 3.8) is 0 Å². The summed E-state index contributed by atoms with van der Waals surface area (Å²) in [6.45, 7) is 4.53. The third-order valence-corrected chi connectivity index (χ3v) is 7.12. The minimum absolute atomic E-state index is 0.133. The number of nitrogens with one attached hydrogen (secondary N) is 1. The summed E-state index contributed by atoms with van der Waals surface area (Å²) in [7, 11) is -2.15. The summed E-state index contributed by atoms with van der Waals surface area (Å²) in [4.78, 5) is 27.1. The number of carbonyl (C=O) groups is 2. The van der Waals surface area contributed by atoms with Crippen LogP contribution in [0.15, 0.2) is 52.0 Å². The molecule has 1 fully saturated rings. The number of ether oxygens (including phenoxy) is 1. The highest BCUT2D eigenvalue weighted by molar-refractivity contribution is 7.89. The molecule has 1 N–H and O–H groups in total. The maximum absolute atomic E-state index is 13.0. The Bertz CT molecular complexity index is 994.